The smallest absolute Gasteiger partial charge is 0.253 e. The van der Waals surface area contributed by atoms with Gasteiger partial charge >= 0.3 is 0 Å². The van der Waals surface area contributed by atoms with E-state index in [1.54, 1.807) is 17.0 Å². The Hall–Kier alpha value is -3.48. The molecule has 0 bridgehead atoms. The van der Waals surface area contributed by atoms with E-state index in [1.165, 1.54) is 11.1 Å². The number of hydrogen-bond donors (Lipinski definition) is 1. The fourth-order valence-electron chi connectivity index (χ4n) is 4.89. The average molecular weight is 485 g/mol. The van der Waals surface area contributed by atoms with Gasteiger partial charge in [-0.05, 0) is 43.2 Å². The van der Waals surface area contributed by atoms with E-state index in [0.29, 0.717) is 30.9 Å². The van der Waals surface area contributed by atoms with Gasteiger partial charge in [0.2, 0.25) is 5.91 Å². The zero-order valence-corrected chi connectivity index (χ0v) is 21.3. The summed E-state index contributed by atoms with van der Waals surface area (Å²) >= 11 is 0. The van der Waals surface area contributed by atoms with E-state index in [0.717, 1.165) is 26.2 Å². The van der Waals surface area contributed by atoms with Gasteiger partial charge in [0.1, 0.15) is 0 Å². The summed E-state index contributed by atoms with van der Waals surface area (Å²) < 4.78 is 0. The molecule has 4 rings (SSSR count). The number of carbonyl (C=O) groups is 2. The number of hydrogen-bond acceptors (Lipinski definition) is 4. The Bertz CT molecular complexity index is 1080. The largest absolute Gasteiger partial charge is 0.339 e. The second-order valence-electron chi connectivity index (χ2n) is 9.14. The molecule has 0 spiro atoms. The Morgan fingerprint density at radius 1 is 0.806 bits per heavy atom. The zero-order chi connectivity index (χ0) is 25.3. The summed E-state index contributed by atoms with van der Waals surface area (Å²) in [5.41, 5.74) is 3.82. The van der Waals surface area contributed by atoms with Crippen LogP contribution >= 0.6 is 0 Å². The first kappa shape index (κ1) is 25.6. The molecule has 3 aromatic rings. The number of carbonyl (C=O) groups excluding carboxylic acids is 2. The third-order valence-electron chi connectivity index (χ3n) is 6.81. The Morgan fingerprint density at radius 3 is 1.94 bits per heavy atom. The van der Waals surface area contributed by atoms with Crippen LogP contribution in [0, 0.1) is 0 Å². The Morgan fingerprint density at radius 2 is 1.39 bits per heavy atom. The highest BCUT2D eigenvalue weighted by Crippen LogP contribution is 2.29. The second kappa shape index (κ2) is 12.5. The van der Waals surface area contributed by atoms with Crippen molar-refractivity contribution in [3.05, 3.63) is 102 Å². The van der Waals surface area contributed by atoms with Crippen molar-refractivity contribution in [2.24, 2.45) is 0 Å². The lowest BCUT2D eigenvalue weighted by Crippen LogP contribution is -2.49. The molecule has 1 N–H and O–H groups in total. The van der Waals surface area contributed by atoms with Crippen molar-refractivity contribution in [1.29, 1.82) is 0 Å². The van der Waals surface area contributed by atoms with E-state index < -0.39 is 0 Å². The molecule has 1 fully saturated rings. The highest BCUT2D eigenvalue weighted by atomic mass is 16.2. The average Bonchev–Trinajstić information content (AvgIpc) is 2.92. The summed E-state index contributed by atoms with van der Waals surface area (Å²) in [6.07, 6.45) is 0. The highest BCUT2D eigenvalue weighted by Gasteiger charge is 2.27. The van der Waals surface area contributed by atoms with Crippen molar-refractivity contribution >= 4 is 17.5 Å². The van der Waals surface area contributed by atoms with Gasteiger partial charge in [0.05, 0.1) is 12.6 Å². The molecule has 0 saturated carbocycles. The van der Waals surface area contributed by atoms with Crippen LogP contribution in [0.15, 0.2) is 84.9 Å². The van der Waals surface area contributed by atoms with Crippen LogP contribution in [-0.2, 0) is 4.79 Å². The van der Waals surface area contributed by atoms with Gasteiger partial charge in [0, 0.05) is 50.5 Å². The summed E-state index contributed by atoms with van der Waals surface area (Å²) in [5.74, 6) is -0.0721. The standard InChI is InChI=1S/C30H36N4O2/c1-3-33(4-2)30(36)26-16-11-17-27(22-26)31-28(35)23-32-18-20-34(21-19-32)29(24-12-7-5-8-13-24)25-14-9-6-10-15-25/h5-17,22,29H,3-4,18-21,23H2,1-2H3,(H,31,35). The van der Waals surface area contributed by atoms with Crippen LogP contribution in [0.25, 0.3) is 0 Å². The van der Waals surface area contributed by atoms with Crippen molar-refractivity contribution in [3.8, 4) is 0 Å². The van der Waals surface area contributed by atoms with Crippen LogP contribution in [0.3, 0.4) is 0 Å². The Balaban J connectivity index is 1.35. The van der Waals surface area contributed by atoms with Gasteiger partial charge in [-0.1, -0.05) is 66.7 Å². The van der Waals surface area contributed by atoms with Crippen molar-refractivity contribution < 1.29 is 9.59 Å². The van der Waals surface area contributed by atoms with Crippen LogP contribution in [0.4, 0.5) is 5.69 Å². The lowest BCUT2D eigenvalue weighted by atomic mass is 9.96. The molecule has 1 heterocycles. The van der Waals surface area contributed by atoms with E-state index >= 15 is 0 Å². The van der Waals surface area contributed by atoms with Crippen LogP contribution in [0.1, 0.15) is 41.4 Å². The summed E-state index contributed by atoms with van der Waals surface area (Å²) in [7, 11) is 0. The van der Waals surface area contributed by atoms with Gasteiger partial charge in [-0.25, -0.2) is 0 Å². The van der Waals surface area contributed by atoms with Crippen LogP contribution in [-0.4, -0.2) is 72.3 Å². The summed E-state index contributed by atoms with van der Waals surface area (Å²) in [5, 5.41) is 2.98. The van der Waals surface area contributed by atoms with E-state index in [4.69, 9.17) is 0 Å². The minimum absolute atomic E-state index is 0.0152. The predicted molar refractivity (Wildman–Crippen MR) is 145 cm³/mol. The fourth-order valence-corrected chi connectivity index (χ4v) is 4.89. The topological polar surface area (TPSA) is 55.9 Å². The number of piperazine rings is 1. The van der Waals surface area contributed by atoms with Crippen LogP contribution in [0.2, 0.25) is 0 Å². The van der Waals surface area contributed by atoms with Crippen LogP contribution < -0.4 is 5.32 Å². The molecule has 0 atom stereocenters. The summed E-state index contributed by atoms with van der Waals surface area (Å²) in [6.45, 7) is 9.01. The number of nitrogens with zero attached hydrogens (tertiary/aromatic N) is 3. The molecule has 188 valence electrons. The maximum absolute atomic E-state index is 12.8. The van der Waals surface area contributed by atoms with Gasteiger partial charge in [0.15, 0.2) is 0 Å². The van der Waals surface area contributed by atoms with Crippen molar-refractivity contribution in [1.82, 2.24) is 14.7 Å². The maximum Gasteiger partial charge on any atom is 0.253 e. The fraction of sp³-hybridized carbons (Fsp3) is 0.333. The molecule has 1 aliphatic heterocycles. The number of amides is 2. The second-order valence-corrected chi connectivity index (χ2v) is 9.14. The predicted octanol–water partition coefficient (Wildman–Crippen LogP) is 4.51. The summed E-state index contributed by atoms with van der Waals surface area (Å²) in [6, 6.07) is 28.7. The third-order valence-corrected chi connectivity index (χ3v) is 6.81. The SMILES string of the molecule is CCN(CC)C(=O)c1cccc(NC(=O)CN2CCN(C(c3ccccc3)c3ccccc3)CC2)c1. The lowest BCUT2D eigenvalue weighted by molar-refractivity contribution is -0.117. The monoisotopic (exact) mass is 484 g/mol. The highest BCUT2D eigenvalue weighted by molar-refractivity contribution is 5.97. The minimum Gasteiger partial charge on any atom is -0.339 e. The quantitative estimate of drug-likeness (QED) is 0.485. The number of rotatable bonds is 9. The number of benzene rings is 3. The Labute approximate surface area is 214 Å². The van der Waals surface area contributed by atoms with E-state index in [9.17, 15) is 9.59 Å². The van der Waals surface area contributed by atoms with Gasteiger partial charge in [0.25, 0.3) is 5.91 Å². The molecule has 3 aromatic carbocycles. The number of anilines is 1. The molecule has 36 heavy (non-hydrogen) atoms. The Kier molecular flexibility index (Phi) is 8.87. The van der Waals surface area contributed by atoms with Crippen molar-refractivity contribution in [2.75, 3.05) is 51.1 Å². The molecule has 2 amide bonds. The van der Waals surface area contributed by atoms with Gasteiger partial charge in [-0.15, -0.1) is 0 Å². The molecular weight excluding hydrogens is 448 g/mol. The molecule has 6 nitrogen and oxygen atoms in total. The first-order valence-corrected chi connectivity index (χ1v) is 12.8. The normalized spacial score (nSPS) is 14.5. The van der Waals surface area contributed by atoms with Crippen molar-refractivity contribution in [2.45, 2.75) is 19.9 Å². The van der Waals surface area contributed by atoms with E-state index in [-0.39, 0.29) is 17.9 Å². The van der Waals surface area contributed by atoms with E-state index in [2.05, 4.69) is 75.8 Å². The zero-order valence-electron chi connectivity index (χ0n) is 21.3. The van der Waals surface area contributed by atoms with Gasteiger partial charge < -0.3 is 10.2 Å². The molecule has 0 aromatic heterocycles. The lowest BCUT2D eigenvalue weighted by Gasteiger charge is -2.39. The molecule has 1 aliphatic rings. The molecule has 0 unspecified atom stereocenters. The number of nitrogens with one attached hydrogen (secondary N) is 1. The van der Waals surface area contributed by atoms with Gasteiger partial charge in [-0.2, -0.15) is 0 Å². The van der Waals surface area contributed by atoms with Gasteiger partial charge in [-0.3, -0.25) is 19.4 Å². The first-order valence-electron chi connectivity index (χ1n) is 12.8. The van der Waals surface area contributed by atoms with E-state index in [1.807, 2.05) is 26.0 Å². The molecule has 0 aliphatic carbocycles. The third kappa shape index (κ3) is 6.39. The summed E-state index contributed by atoms with van der Waals surface area (Å²) in [4.78, 5) is 31.9. The molecular formula is C30H36N4O2. The van der Waals surface area contributed by atoms with Crippen LogP contribution in [0.5, 0.6) is 0 Å². The minimum atomic E-state index is -0.0569. The first-order chi connectivity index (χ1) is 17.6. The molecule has 0 radical (unpaired) electrons. The maximum atomic E-state index is 12.8. The molecule has 6 heteroatoms. The van der Waals surface area contributed by atoms with Crippen molar-refractivity contribution in [3.63, 3.8) is 0 Å². The molecule has 1 saturated heterocycles.